The monoisotopic (exact) mass is 267 g/mol. The average molecular weight is 268 g/mol. The van der Waals surface area contributed by atoms with Crippen molar-refractivity contribution >= 4 is 38.7 Å². The minimum atomic E-state index is -3.62. The van der Waals surface area contributed by atoms with Gasteiger partial charge in [0.05, 0.1) is 10.4 Å². The Hall–Kier alpha value is -0.430. The van der Waals surface area contributed by atoms with E-state index >= 15 is 0 Å². The first-order valence-corrected chi connectivity index (χ1v) is 6.79. The van der Waals surface area contributed by atoms with Crippen molar-refractivity contribution in [2.45, 2.75) is 24.1 Å². The smallest absolute Gasteiger partial charge is 0.250 e. The SMILES string of the molecule is CC(=O)C(C)NS(=O)(=O)c1ccc(Cl)s1. The van der Waals surface area contributed by atoms with Crippen LogP contribution in [0.15, 0.2) is 16.3 Å². The largest absolute Gasteiger partial charge is 0.298 e. The zero-order valence-electron chi connectivity index (χ0n) is 8.15. The molecule has 1 heterocycles. The van der Waals surface area contributed by atoms with Crippen LogP contribution in [-0.4, -0.2) is 20.2 Å². The van der Waals surface area contributed by atoms with E-state index in [1.54, 1.807) is 0 Å². The number of halogens is 1. The molecule has 1 atom stereocenters. The standard InChI is InChI=1S/C8H10ClNO3S2/c1-5(6(2)11)10-15(12,13)8-4-3-7(9)14-8/h3-5,10H,1-2H3. The van der Waals surface area contributed by atoms with Crippen molar-refractivity contribution < 1.29 is 13.2 Å². The quantitative estimate of drug-likeness (QED) is 0.902. The molecule has 0 aliphatic rings. The summed E-state index contributed by atoms with van der Waals surface area (Å²) < 4.78 is 26.1. The van der Waals surface area contributed by atoms with Crippen LogP contribution in [0.5, 0.6) is 0 Å². The van der Waals surface area contributed by atoms with Gasteiger partial charge >= 0.3 is 0 Å². The third-order valence-electron chi connectivity index (χ3n) is 1.76. The van der Waals surface area contributed by atoms with Crippen LogP contribution in [-0.2, 0) is 14.8 Å². The van der Waals surface area contributed by atoms with E-state index in [0.29, 0.717) is 4.34 Å². The Morgan fingerprint density at radius 1 is 1.53 bits per heavy atom. The van der Waals surface area contributed by atoms with Gasteiger partial charge in [-0.1, -0.05) is 11.6 Å². The van der Waals surface area contributed by atoms with Gasteiger partial charge in [0.15, 0.2) is 0 Å². The second kappa shape index (κ2) is 4.61. The number of sulfonamides is 1. The summed E-state index contributed by atoms with van der Waals surface area (Å²) in [6.45, 7) is 2.82. The van der Waals surface area contributed by atoms with E-state index in [2.05, 4.69) is 4.72 Å². The summed E-state index contributed by atoms with van der Waals surface area (Å²) in [5, 5.41) is 0. The second-order valence-corrected chi connectivity index (χ2v) is 6.67. The maximum Gasteiger partial charge on any atom is 0.250 e. The summed E-state index contributed by atoms with van der Waals surface area (Å²) in [6, 6.07) is 2.18. The van der Waals surface area contributed by atoms with E-state index in [4.69, 9.17) is 11.6 Å². The van der Waals surface area contributed by atoms with Crippen LogP contribution in [0, 0.1) is 0 Å². The molecule has 0 radical (unpaired) electrons. The predicted molar refractivity (Wildman–Crippen MR) is 59.8 cm³/mol. The molecule has 0 bridgehead atoms. The Bertz CT molecular complexity index is 466. The van der Waals surface area contributed by atoms with Gasteiger partial charge in [-0.15, -0.1) is 11.3 Å². The van der Waals surface area contributed by atoms with Crippen molar-refractivity contribution in [1.29, 1.82) is 0 Å². The lowest BCUT2D eigenvalue weighted by Gasteiger charge is -2.09. The Morgan fingerprint density at radius 3 is 2.53 bits per heavy atom. The van der Waals surface area contributed by atoms with E-state index in [1.165, 1.54) is 26.0 Å². The molecule has 1 aromatic rings. The van der Waals surface area contributed by atoms with Gasteiger partial charge in [0.1, 0.15) is 9.99 Å². The molecular weight excluding hydrogens is 258 g/mol. The highest BCUT2D eigenvalue weighted by Crippen LogP contribution is 2.25. The van der Waals surface area contributed by atoms with E-state index in [1.807, 2.05) is 0 Å². The van der Waals surface area contributed by atoms with Crippen LogP contribution in [0.1, 0.15) is 13.8 Å². The van der Waals surface area contributed by atoms with E-state index in [-0.39, 0.29) is 9.99 Å². The van der Waals surface area contributed by atoms with Crippen molar-refractivity contribution in [3.8, 4) is 0 Å². The fourth-order valence-electron chi connectivity index (χ4n) is 0.816. The summed E-state index contributed by atoms with van der Waals surface area (Å²) in [6.07, 6.45) is 0. The fraction of sp³-hybridized carbons (Fsp3) is 0.375. The van der Waals surface area contributed by atoms with E-state index < -0.39 is 16.1 Å². The molecule has 0 saturated carbocycles. The van der Waals surface area contributed by atoms with Crippen molar-refractivity contribution in [2.75, 3.05) is 0 Å². The van der Waals surface area contributed by atoms with Gasteiger partial charge in [0, 0.05) is 0 Å². The number of rotatable bonds is 4. The molecule has 0 amide bonds. The molecule has 0 spiro atoms. The highest BCUT2D eigenvalue weighted by molar-refractivity contribution is 7.91. The molecule has 0 aromatic carbocycles. The third-order valence-corrected chi connectivity index (χ3v) is 5.02. The number of nitrogens with one attached hydrogen (secondary N) is 1. The van der Waals surface area contributed by atoms with Crippen molar-refractivity contribution in [3.05, 3.63) is 16.5 Å². The zero-order valence-corrected chi connectivity index (χ0v) is 10.5. The van der Waals surface area contributed by atoms with Gasteiger partial charge in [-0.2, -0.15) is 0 Å². The number of hydrogen-bond donors (Lipinski definition) is 1. The summed E-state index contributed by atoms with van der Waals surface area (Å²) in [5.74, 6) is -0.235. The normalized spacial score (nSPS) is 13.8. The molecule has 0 fully saturated rings. The lowest BCUT2D eigenvalue weighted by molar-refractivity contribution is -0.118. The summed E-state index contributed by atoms with van der Waals surface area (Å²) >= 11 is 6.58. The molecule has 15 heavy (non-hydrogen) atoms. The lowest BCUT2D eigenvalue weighted by Crippen LogP contribution is -2.36. The molecule has 0 saturated heterocycles. The van der Waals surface area contributed by atoms with E-state index in [0.717, 1.165) is 11.3 Å². The third kappa shape index (κ3) is 3.27. The molecule has 0 aliphatic heterocycles. The van der Waals surface area contributed by atoms with Crippen LogP contribution >= 0.6 is 22.9 Å². The first kappa shape index (κ1) is 12.6. The van der Waals surface area contributed by atoms with Crippen LogP contribution in [0.3, 0.4) is 0 Å². The highest BCUT2D eigenvalue weighted by atomic mass is 35.5. The Balaban J connectivity index is 2.90. The topological polar surface area (TPSA) is 63.2 Å². The van der Waals surface area contributed by atoms with Crippen LogP contribution < -0.4 is 4.72 Å². The first-order valence-electron chi connectivity index (χ1n) is 4.11. The van der Waals surface area contributed by atoms with Gasteiger partial charge in [-0.3, -0.25) is 4.79 Å². The van der Waals surface area contributed by atoms with Crippen molar-refractivity contribution in [2.24, 2.45) is 0 Å². The molecule has 7 heteroatoms. The molecule has 1 unspecified atom stereocenters. The number of hydrogen-bond acceptors (Lipinski definition) is 4. The molecule has 4 nitrogen and oxygen atoms in total. The second-order valence-electron chi connectivity index (χ2n) is 3.01. The summed E-state index contributed by atoms with van der Waals surface area (Å²) in [7, 11) is -3.62. The predicted octanol–water partition coefficient (Wildman–Crippen LogP) is 1.66. The minimum Gasteiger partial charge on any atom is -0.298 e. The maximum atomic E-state index is 11.6. The summed E-state index contributed by atoms with van der Waals surface area (Å²) in [5.41, 5.74) is 0. The zero-order chi connectivity index (χ0) is 11.6. The number of carbonyl (C=O) groups excluding carboxylic acids is 1. The first-order chi connectivity index (χ1) is 6.83. The average Bonchev–Trinajstić information content (AvgIpc) is 2.51. The van der Waals surface area contributed by atoms with Gasteiger partial charge in [0.2, 0.25) is 0 Å². The number of ketones is 1. The van der Waals surface area contributed by atoms with Crippen LogP contribution in [0.4, 0.5) is 0 Å². The number of Topliss-reactive ketones (excluding diaryl/α,β-unsaturated/α-hetero) is 1. The van der Waals surface area contributed by atoms with E-state index in [9.17, 15) is 13.2 Å². The van der Waals surface area contributed by atoms with Gasteiger partial charge < -0.3 is 0 Å². The molecule has 1 N–H and O–H groups in total. The van der Waals surface area contributed by atoms with Crippen LogP contribution in [0.2, 0.25) is 4.34 Å². The van der Waals surface area contributed by atoms with Gasteiger partial charge in [-0.05, 0) is 26.0 Å². The number of thiophene rings is 1. The van der Waals surface area contributed by atoms with Crippen molar-refractivity contribution in [3.63, 3.8) is 0 Å². The minimum absolute atomic E-state index is 0.112. The molecule has 0 aliphatic carbocycles. The highest BCUT2D eigenvalue weighted by Gasteiger charge is 2.21. The Labute approximate surface area is 97.3 Å². The summed E-state index contributed by atoms with van der Waals surface area (Å²) in [4.78, 5) is 10.9. The molecule has 1 aromatic heterocycles. The van der Waals surface area contributed by atoms with Gasteiger partial charge in [-0.25, -0.2) is 13.1 Å². The van der Waals surface area contributed by atoms with Crippen molar-refractivity contribution in [1.82, 2.24) is 4.72 Å². The Morgan fingerprint density at radius 2 is 2.13 bits per heavy atom. The van der Waals surface area contributed by atoms with Crippen LogP contribution in [0.25, 0.3) is 0 Å². The van der Waals surface area contributed by atoms with Gasteiger partial charge in [0.25, 0.3) is 10.0 Å². The molecular formula is C8H10ClNO3S2. The Kier molecular flexibility index (Phi) is 3.88. The maximum absolute atomic E-state index is 11.6. The fourth-order valence-corrected chi connectivity index (χ4v) is 3.58. The molecule has 1 rings (SSSR count). The number of carbonyl (C=O) groups is 1. The lowest BCUT2D eigenvalue weighted by atomic mass is 10.3. The molecule has 84 valence electrons.